The maximum Gasteiger partial charge on any atom is 0.410 e. The highest BCUT2D eigenvalue weighted by atomic mass is 35.5. The molecule has 0 aliphatic carbocycles. The van der Waals surface area contributed by atoms with Crippen LogP contribution in [0.4, 0.5) is 10.5 Å². The molecule has 0 radical (unpaired) electrons. The number of halogens is 1. The van der Waals surface area contributed by atoms with E-state index in [2.05, 4.69) is 12.2 Å². The molecule has 1 fully saturated rings. The number of hydrogen-bond acceptors (Lipinski definition) is 6. The van der Waals surface area contributed by atoms with Gasteiger partial charge >= 0.3 is 12.1 Å². The first kappa shape index (κ1) is 25.1. The van der Waals surface area contributed by atoms with Crippen molar-refractivity contribution in [2.24, 2.45) is 5.92 Å². The molecule has 0 aromatic heterocycles. The summed E-state index contributed by atoms with van der Waals surface area (Å²) in [5, 5.41) is 3.83. The van der Waals surface area contributed by atoms with Crippen LogP contribution in [0.3, 0.4) is 0 Å². The van der Waals surface area contributed by atoms with Crippen LogP contribution in [0.15, 0.2) is 12.1 Å². The molecule has 1 unspecified atom stereocenters. The van der Waals surface area contributed by atoms with Gasteiger partial charge in [0.15, 0.2) is 5.75 Å². The van der Waals surface area contributed by atoms with Gasteiger partial charge in [0, 0.05) is 19.1 Å². The highest BCUT2D eigenvalue weighted by Crippen LogP contribution is 2.37. The van der Waals surface area contributed by atoms with Crippen LogP contribution >= 0.6 is 11.6 Å². The molecule has 31 heavy (non-hydrogen) atoms. The van der Waals surface area contributed by atoms with Gasteiger partial charge in [-0.05, 0) is 72.4 Å². The van der Waals surface area contributed by atoms with Gasteiger partial charge in [-0.1, -0.05) is 11.6 Å². The molecule has 1 saturated heterocycles. The smallest absolute Gasteiger partial charge is 0.410 e. The summed E-state index contributed by atoms with van der Waals surface area (Å²) in [5.74, 6) is 0.396. The minimum atomic E-state index is -0.500. The van der Waals surface area contributed by atoms with Crippen LogP contribution < -0.4 is 10.1 Å². The molecule has 1 aromatic rings. The number of esters is 1. The van der Waals surface area contributed by atoms with E-state index >= 15 is 0 Å². The van der Waals surface area contributed by atoms with Crippen molar-refractivity contribution in [3.63, 3.8) is 0 Å². The predicted molar refractivity (Wildman–Crippen MR) is 122 cm³/mol. The quantitative estimate of drug-likeness (QED) is 0.583. The average molecular weight is 455 g/mol. The summed E-state index contributed by atoms with van der Waals surface area (Å²) in [5.41, 5.74) is 0.515. The van der Waals surface area contributed by atoms with Crippen molar-refractivity contribution in [1.29, 1.82) is 0 Å². The third kappa shape index (κ3) is 7.20. The van der Waals surface area contributed by atoms with E-state index in [0.29, 0.717) is 41.0 Å². The number of rotatable bonds is 6. The highest BCUT2D eigenvalue weighted by Gasteiger charge is 2.30. The lowest BCUT2D eigenvalue weighted by atomic mass is 9.90. The largest absolute Gasteiger partial charge is 0.487 e. The van der Waals surface area contributed by atoms with E-state index in [-0.39, 0.29) is 18.2 Å². The van der Waals surface area contributed by atoms with Crippen molar-refractivity contribution in [2.75, 3.05) is 25.5 Å². The first-order chi connectivity index (χ1) is 14.4. The highest BCUT2D eigenvalue weighted by molar-refractivity contribution is 6.33. The molecule has 2 rings (SSSR count). The zero-order valence-electron chi connectivity index (χ0n) is 19.6. The summed E-state index contributed by atoms with van der Waals surface area (Å²) in [7, 11) is 1.34. The molecule has 1 aromatic carbocycles. The van der Waals surface area contributed by atoms with E-state index in [1.807, 2.05) is 34.6 Å². The average Bonchev–Trinajstić information content (AvgIpc) is 2.68. The number of anilines is 1. The van der Waals surface area contributed by atoms with Gasteiger partial charge in [0.2, 0.25) is 0 Å². The molecular formula is C23H35ClN2O5. The number of nitrogens with one attached hydrogen (secondary N) is 1. The number of carbonyl (C=O) groups excluding carboxylic acids is 2. The van der Waals surface area contributed by atoms with Gasteiger partial charge in [-0.25, -0.2) is 9.59 Å². The van der Waals surface area contributed by atoms with Crippen molar-refractivity contribution in [1.82, 2.24) is 4.90 Å². The Labute approximate surface area is 190 Å². The third-order valence-electron chi connectivity index (χ3n) is 5.10. The molecule has 1 heterocycles. The second-order valence-corrected chi connectivity index (χ2v) is 9.64. The first-order valence-corrected chi connectivity index (χ1v) is 11.1. The van der Waals surface area contributed by atoms with E-state index in [1.165, 1.54) is 7.11 Å². The zero-order chi connectivity index (χ0) is 23.3. The van der Waals surface area contributed by atoms with Crippen LogP contribution in [0.25, 0.3) is 0 Å². The van der Waals surface area contributed by atoms with Crippen molar-refractivity contribution in [3.8, 4) is 5.75 Å². The summed E-state index contributed by atoms with van der Waals surface area (Å²) in [6.45, 7) is 12.8. The maximum absolute atomic E-state index is 12.3. The van der Waals surface area contributed by atoms with E-state index in [1.54, 1.807) is 17.0 Å². The Morgan fingerprint density at radius 3 is 2.29 bits per heavy atom. The van der Waals surface area contributed by atoms with Gasteiger partial charge in [0.25, 0.3) is 0 Å². The van der Waals surface area contributed by atoms with E-state index in [4.69, 9.17) is 25.8 Å². The maximum atomic E-state index is 12.3. The molecule has 0 bridgehead atoms. The van der Waals surface area contributed by atoms with Crippen LogP contribution in [-0.2, 0) is 9.47 Å². The number of likely N-dealkylation sites (tertiary alicyclic amines) is 1. The molecule has 0 saturated carbocycles. The van der Waals surface area contributed by atoms with E-state index in [0.717, 1.165) is 12.8 Å². The fourth-order valence-corrected chi connectivity index (χ4v) is 3.83. The van der Waals surface area contributed by atoms with Crippen molar-refractivity contribution in [2.45, 2.75) is 72.1 Å². The number of ether oxygens (including phenoxy) is 3. The lowest BCUT2D eigenvalue weighted by Gasteiger charge is -2.36. The Morgan fingerprint density at radius 1 is 1.16 bits per heavy atom. The Kier molecular flexibility index (Phi) is 8.46. The number of hydrogen-bond donors (Lipinski definition) is 1. The fourth-order valence-electron chi connectivity index (χ4n) is 3.56. The van der Waals surface area contributed by atoms with Gasteiger partial charge in [0.05, 0.1) is 29.5 Å². The zero-order valence-corrected chi connectivity index (χ0v) is 20.3. The Morgan fingerprint density at radius 2 is 1.77 bits per heavy atom. The Bertz CT molecular complexity index is 783. The minimum Gasteiger partial charge on any atom is -0.487 e. The summed E-state index contributed by atoms with van der Waals surface area (Å²) < 4.78 is 16.2. The normalized spacial score (nSPS) is 16.1. The van der Waals surface area contributed by atoms with Crippen LogP contribution in [-0.4, -0.2) is 54.9 Å². The second-order valence-electron chi connectivity index (χ2n) is 9.23. The molecular weight excluding hydrogens is 420 g/mol. The molecule has 1 aliphatic rings. The van der Waals surface area contributed by atoms with Crippen molar-refractivity contribution < 1.29 is 23.8 Å². The Balaban J connectivity index is 2.10. The molecule has 8 heteroatoms. The summed E-state index contributed by atoms with van der Waals surface area (Å²) in [6, 6.07) is 3.35. The number of piperidine rings is 1. The predicted octanol–water partition coefficient (Wildman–Crippen LogP) is 5.36. The lowest BCUT2D eigenvalue weighted by Crippen LogP contribution is -2.44. The molecule has 1 N–H and O–H groups in total. The second kappa shape index (κ2) is 10.4. The van der Waals surface area contributed by atoms with Crippen LogP contribution in [0.2, 0.25) is 5.02 Å². The van der Waals surface area contributed by atoms with E-state index < -0.39 is 11.6 Å². The van der Waals surface area contributed by atoms with Crippen LogP contribution in [0.1, 0.15) is 64.7 Å². The number of benzene rings is 1. The van der Waals surface area contributed by atoms with Gasteiger partial charge in [-0.3, -0.25) is 0 Å². The van der Waals surface area contributed by atoms with E-state index in [9.17, 15) is 9.59 Å². The number of methoxy groups -OCH3 is 1. The van der Waals surface area contributed by atoms with Gasteiger partial charge in [0.1, 0.15) is 5.60 Å². The molecule has 174 valence electrons. The standard InChI is InChI=1S/C23H35ClN2O5/c1-14(2)30-20-18(24)12-17(21(27)29-7)13-19(20)25-15(3)16-8-10-26(11-9-16)22(28)31-23(4,5)6/h12-16,25H,8-11H2,1-7H3. The molecule has 7 nitrogen and oxygen atoms in total. The summed E-state index contributed by atoms with van der Waals surface area (Å²) >= 11 is 6.42. The Hall–Kier alpha value is -2.15. The molecule has 0 spiro atoms. The monoisotopic (exact) mass is 454 g/mol. The summed E-state index contributed by atoms with van der Waals surface area (Å²) in [4.78, 5) is 26.1. The number of nitrogens with zero attached hydrogens (tertiary/aromatic N) is 1. The fraction of sp³-hybridized carbons (Fsp3) is 0.652. The first-order valence-electron chi connectivity index (χ1n) is 10.7. The molecule has 1 aliphatic heterocycles. The third-order valence-corrected chi connectivity index (χ3v) is 5.38. The minimum absolute atomic E-state index is 0.0746. The molecule has 1 amide bonds. The van der Waals surface area contributed by atoms with Gasteiger partial charge in [-0.2, -0.15) is 0 Å². The van der Waals surface area contributed by atoms with Crippen molar-refractivity contribution in [3.05, 3.63) is 22.7 Å². The van der Waals surface area contributed by atoms with Crippen LogP contribution in [0, 0.1) is 5.92 Å². The van der Waals surface area contributed by atoms with Gasteiger partial charge < -0.3 is 24.4 Å². The number of amides is 1. The SMILES string of the molecule is COC(=O)c1cc(Cl)c(OC(C)C)c(NC(C)C2CCN(C(=O)OC(C)(C)C)CC2)c1. The van der Waals surface area contributed by atoms with Crippen molar-refractivity contribution >= 4 is 29.4 Å². The topological polar surface area (TPSA) is 77.1 Å². The summed E-state index contributed by atoms with van der Waals surface area (Å²) in [6.07, 6.45) is 1.35. The van der Waals surface area contributed by atoms with Gasteiger partial charge in [-0.15, -0.1) is 0 Å². The number of carbonyl (C=O) groups is 2. The molecule has 1 atom stereocenters. The lowest BCUT2D eigenvalue weighted by molar-refractivity contribution is 0.0179. The van der Waals surface area contributed by atoms with Crippen LogP contribution in [0.5, 0.6) is 5.75 Å².